The Bertz CT molecular complexity index is 431. The molecular formula is C10H8N2OS. The summed E-state index contributed by atoms with van der Waals surface area (Å²) in [5, 5.41) is 11.2. The second-order valence-electron chi connectivity index (χ2n) is 2.44. The molecule has 3 nitrogen and oxygen atoms in total. The van der Waals surface area contributed by atoms with E-state index in [0.717, 1.165) is 4.88 Å². The molecule has 0 aliphatic rings. The van der Waals surface area contributed by atoms with Crippen LogP contribution < -0.4 is 5.32 Å². The van der Waals surface area contributed by atoms with Crippen LogP contribution in [-0.4, -0.2) is 5.91 Å². The van der Waals surface area contributed by atoms with Gasteiger partial charge in [0.2, 0.25) is 0 Å². The minimum Gasteiger partial charge on any atom is -0.340 e. The molecule has 0 unspecified atom stereocenters. The number of carbonyl (C=O) groups excluding carboxylic acids is 1. The van der Waals surface area contributed by atoms with Crippen LogP contribution in [0.3, 0.4) is 0 Å². The van der Waals surface area contributed by atoms with Crippen molar-refractivity contribution in [3.8, 4) is 17.9 Å². The Kier molecular flexibility index (Phi) is 3.72. The molecule has 0 radical (unpaired) electrons. The van der Waals surface area contributed by atoms with Gasteiger partial charge in [0.1, 0.15) is 10.9 Å². The predicted octanol–water partition coefficient (Wildman–Crippen LogP) is 1.26. The molecule has 1 heterocycles. The molecule has 70 valence electrons. The first-order valence-corrected chi connectivity index (χ1v) is 4.77. The molecule has 14 heavy (non-hydrogen) atoms. The normalized spacial score (nSPS) is 8.29. The third-order valence-corrected chi connectivity index (χ3v) is 2.42. The molecule has 0 aromatic carbocycles. The fourth-order valence-corrected chi connectivity index (χ4v) is 1.60. The predicted molar refractivity (Wildman–Crippen MR) is 54.3 cm³/mol. The van der Waals surface area contributed by atoms with Gasteiger partial charge in [0.25, 0.3) is 5.91 Å². The van der Waals surface area contributed by atoms with E-state index >= 15 is 0 Å². The van der Waals surface area contributed by atoms with Gasteiger partial charge in [-0.25, -0.2) is 0 Å². The number of hydrogen-bond donors (Lipinski definition) is 1. The van der Waals surface area contributed by atoms with E-state index in [0.29, 0.717) is 11.4 Å². The van der Waals surface area contributed by atoms with Crippen molar-refractivity contribution >= 4 is 17.2 Å². The van der Waals surface area contributed by atoms with Crippen molar-refractivity contribution < 1.29 is 4.79 Å². The number of nitriles is 1. The molecule has 1 aromatic rings. The lowest BCUT2D eigenvalue weighted by Gasteiger charge is -1.95. The fourth-order valence-electron chi connectivity index (χ4n) is 0.858. The molecule has 0 aliphatic carbocycles. The van der Waals surface area contributed by atoms with Crippen LogP contribution in [0.5, 0.6) is 0 Å². The summed E-state index contributed by atoms with van der Waals surface area (Å²) < 4.78 is 0. The van der Waals surface area contributed by atoms with Crippen LogP contribution in [0.15, 0.2) is 12.1 Å². The highest BCUT2D eigenvalue weighted by molar-refractivity contribution is 7.12. The maximum atomic E-state index is 10.9. The molecule has 0 aliphatic heterocycles. The van der Waals surface area contributed by atoms with Crippen LogP contribution in [0.4, 0.5) is 0 Å². The number of nitrogens with one attached hydrogen (secondary N) is 1. The van der Waals surface area contributed by atoms with Crippen molar-refractivity contribution in [1.82, 2.24) is 5.32 Å². The van der Waals surface area contributed by atoms with Crippen molar-refractivity contribution in [2.24, 2.45) is 0 Å². The highest BCUT2D eigenvalue weighted by Gasteiger charge is 2.00. The van der Waals surface area contributed by atoms with Gasteiger partial charge in [-0.2, -0.15) is 5.26 Å². The third-order valence-electron chi connectivity index (χ3n) is 1.43. The third kappa shape index (κ3) is 2.93. The average Bonchev–Trinajstić information content (AvgIpc) is 2.63. The first-order valence-electron chi connectivity index (χ1n) is 3.95. The van der Waals surface area contributed by atoms with E-state index in [1.54, 1.807) is 13.0 Å². The van der Waals surface area contributed by atoms with Crippen LogP contribution >= 0.6 is 11.3 Å². The quantitative estimate of drug-likeness (QED) is 0.737. The Morgan fingerprint density at radius 3 is 3.00 bits per heavy atom. The first kappa shape index (κ1) is 10.3. The number of thiophene rings is 1. The van der Waals surface area contributed by atoms with Crippen molar-refractivity contribution in [2.45, 2.75) is 13.5 Å². The number of amides is 1. The topological polar surface area (TPSA) is 52.9 Å². The molecule has 1 amide bonds. The van der Waals surface area contributed by atoms with Crippen molar-refractivity contribution in [2.75, 3.05) is 0 Å². The number of hydrogen-bond acceptors (Lipinski definition) is 3. The Labute approximate surface area is 86.4 Å². The summed E-state index contributed by atoms with van der Waals surface area (Å²) in [5.41, 5.74) is 0. The smallest absolute Gasteiger partial charge is 0.296 e. The largest absolute Gasteiger partial charge is 0.340 e. The number of rotatable bonds is 2. The minimum atomic E-state index is -0.292. The Morgan fingerprint density at radius 1 is 1.64 bits per heavy atom. The van der Waals surface area contributed by atoms with E-state index in [9.17, 15) is 4.79 Å². The SMILES string of the molecule is CC#CC(=O)NCc1ccc(C#N)s1. The van der Waals surface area contributed by atoms with Crippen LogP contribution in [-0.2, 0) is 11.3 Å². The highest BCUT2D eigenvalue weighted by atomic mass is 32.1. The summed E-state index contributed by atoms with van der Waals surface area (Å²) >= 11 is 1.37. The van der Waals surface area contributed by atoms with Gasteiger partial charge in [-0.1, -0.05) is 5.92 Å². The van der Waals surface area contributed by atoms with Crippen LogP contribution in [0, 0.1) is 23.2 Å². The monoisotopic (exact) mass is 204 g/mol. The molecule has 4 heteroatoms. The summed E-state index contributed by atoms with van der Waals surface area (Å²) in [6, 6.07) is 5.59. The fraction of sp³-hybridized carbons (Fsp3) is 0.200. The van der Waals surface area contributed by atoms with Crippen molar-refractivity contribution in [3.63, 3.8) is 0 Å². The van der Waals surface area contributed by atoms with Crippen LogP contribution in [0.2, 0.25) is 0 Å². The van der Waals surface area contributed by atoms with Gasteiger partial charge >= 0.3 is 0 Å². The van der Waals surface area contributed by atoms with Gasteiger partial charge in [-0.3, -0.25) is 4.79 Å². The molecule has 0 atom stereocenters. The lowest BCUT2D eigenvalue weighted by Crippen LogP contribution is -2.19. The second-order valence-corrected chi connectivity index (χ2v) is 3.60. The van der Waals surface area contributed by atoms with E-state index in [2.05, 4.69) is 17.2 Å². The van der Waals surface area contributed by atoms with E-state index < -0.39 is 0 Å². The Morgan fingerprint density at radius 2 is 2.43 bits per heavy atom. The summed E-state index contributed by atoms with van der Waals surface area (Å²) in [4.78, 5) is 12.5. The van der Waals surface area contributed by atoms with E-state index in [1.165, 1.54) is 11.3 Å². The van der Waals surface area contributed by atoms with Gasteiger partial charge in [0.05, 0.1) is 6.54 Å². The zero-order valence-corrected chi connectivity index (χ0v) is 8.44. The number of nitrogens with zero attached hydrogens (tertiary/aromatic N) is 1. The molecule has 0 bridgehead atoms. The van der Waals surface area contributed by atoms with Gasteiger partial charge in [-0.05, 0) is 25.0 Å². The molecule has 0 saturated carbocycles. The van der Waals surface area contributed by atoms with E-state index in [4.69, 9.17) is 5.26 Å². The Hall–Kier alpha value is -1.78. The van der Waals surface area contributed by atoms with E-state index in [1.807, 2.05) is 12.1 Å². The molecular weight excluding hydrogens is 196 g/mol. The lowest BCUT2D eigenvalue weighted by molar-refractivity contribution is -0.115. The van der Waals surface area contributed by atoms with Gasteiger partial charge in [-0.15, -0.1) is 11.3 Å². The first-order chi connectivity index (χ1) is 6.76. The molecule has 0 fully saturated rings. The van der Waals surface area contributed by atoms with Crippen molar-refractivity contribution in [3.05, 3.63) is 21.9 Å². The van der Waals surface area contributed by atoms with Gasteiger partial charge < -0.3 is 5.32 Å². The molecule has 0 saturated heterocycles. The van der Waals surface area contributed by atoms with E-state index in [-0.39, 0.29) is 5.91 Å². The summed E-state index contributed by atoms with van der Waals surface area (Å²) in [7, 11) is 0. The van der Waals surface area contributed by atoms with Crippen molar-refractivity contribution in [1.29, 1.82) is 5.26 Å². The molecule has 1 N–H and O–H groups in total. The summed E-state index contributed by atoms with van der Waals surface area (Å²) in [6.07, 6.45) is 0. The lowest BCUT2D eigenvalue weighted by atomic mass is 10.4. The summed E-state index contributed by atoms with van der Waals surface area (Å²) in [5.74, 6) is 4.59. The second kappa shape index (κ2) is 5.06. The molecule has 0 spiro atoms. The minimum absolute atomic E-state index is 0.292. The zero-order valence-electron chi connectivity index (χ0n) is 7.63. The maximum Gasteiger partial charge on any atom is 0.296 e. The Balaban J connectivity index is 2.49. The standard InChI is InChI=1S/C10H8N2OS/c1-2-3-10(13)12-7-9-5-4-8(6-11)14-9/h4-5H,7H2,1H3,(H,12,13). The van der Waals surface area contributed by atoms with Crippen LogP contribution in [0.25, 0.3) is 0 Å². The molecule has 1 rings (SSSR count). The summed E-state index contributed by atoms with van der Waals surface area (Å²) in [6.45, 7) is 2.04. The zero-order chi connectivity index (χ0) is 10.4. The maximum absolute atomic E-state index is 10.9. The van der Waals surface area contributed by atoms with Crippen LogP contribution in [0.1, 0.15) is 16.7 Å². The van der Waals surface area contributed by atoms with Gasteiger partial charge in [0, 0.05) is 4.88 Å². The molecule has 1 aromatic heterocycles. The highest BCUT2D eigenvalue weighted by Crippen LogP contribution is 2.14. The average molecular weight is 204 g/mol. The number of carbonyl (C=O) groups is 1. The van der Waals surface area contributed by atoms with Gasteiger partial charge in [0.15, 0.2) is 0 Å².